The number of nitrogens with zero attached hydrogens (tertiary/aromatic N) is 1. The largest absolute Gasteiger partial charge is 0.478 e. The number of urea groups is 1. The molecule has 0 radical (unpaired) electrons. The van der Waals surface area contributed by atoms with Crippen molar-refractivity contribution in [3.05, 3.63) is 88.9 Å². The molecule has 3 N–H and O–H groups in total. The zero-order valence-corrected chi connectivity index (χ0v) is 22.4. The zero-order valence-electron chi connectivity index (χ0n) is 20.8. The number of hydrazine groups is 1. The van der Waals surface area contributed by atoms with Gasteiger partial charge in [0.15, 0.2) is 16.5 Å². The number of hydrogen-bond acceptors (Lipinski definition) is 6. The van der Waals surface area contributed by atoms with Crippen LogP contribution >= 0.6 is 22.9 Å². The maximum Gasteiger partial charge on any atom is 0.339 e. The van der Waals surface area contributed by atoms with Gasteiger partial charge in [-0.15, -0.1) is 0 Å². The first-order chi connectivity index (χ1) is 17.7. The molecule has 3 amide bonds. The third-order valence-electron chi connectivity index (χ3n) is 4.95. The summed E-state index contributed by atoms with van der Waals surface area (Å²) in [6.07, 6.45) is 0. The van der Waals surface area contributed by atoms with Gasteiger partial charge in [-0.25, -0.2) is 15.2 Å². The Labute approximate surface area is 224 Å². The maximum atomic E-state index is 12.6. The van der Waals surface area contributed by atoms with E-state index in [9.17, 15) is 14.4 Å². The van der Waals surface area contributed by atoms with Crippen LogP contribution in [0.4, 0.5) is 9.93 Å². The van der Waals surface area contributed by atoms with Crippen LogP contribution in [-0.2, 0) is 4.79 Å². The average molecular weight is 539 g/mol. The maximum absolute atomic E-state index is 12.6. The number of amides is 3. The lowest BCUT2D eigenvalue weighted by Gasteiger charge is -2.25. The van der Waals surface area contributed by atoms with Crippen molar-refractivity contribution in [2.45, 2.75) is 33.3 Å². The minimum Gasteiger partial charge on any atom is -0.478 e. The summed E-state index contributed by atoms with van der Waals surface area (Å²) in [5.41, 5.74) is 5.07. The van der Waals surface area contributed by atoms with E-state index in [-0.39, 0.29) is 5.78 Å². The first-order valence-corrected chi connectivity index (χ1v) is 12.7. The number of hydrogen-bond donors (Lipinski definition) is 3. The fourth-order valence-electron chi connectivity index (χ4n) is 3.10. The van der Waals surface area contributed by atoms with E-state index in [1.54, 1.807) is 62.4 Å². The van der Waals surface area contributed by atoms with Crippen LogP contribution in [0, 0.1) is 0 Å². The van der Waals surface area contributed by atoms with Crippen LogP contribution in [-0.4, -0.2) is 28.3 Å². The van der Waals surface area contributed by atoms with Crippen LogP contribution in [0.5, 0.6) is 5.75 Å². The number of fused-ring (bicyclic) bond motifs is 1. The lowest BCUT2D eigenvalue weighted by molar-refractivity contribution is -0.134. The Bertz CT molecular complexity index is 1350. The van der Waals surface area contributed by atoms with Gasteiger partial charge in [-0.05, 0) is 74.5 Å². The smallest absolute Gasteiger partial charge is 0.339 e. The quantitative estimate of drug-likeness (QED) is 0.199. The minimum absolute atomic E-state index is 0.159. The monoisotopic (exact) mass is 538 g/mol. The molecule has 0 aliphatic carbocycles. The lowest BCUT2D eigenvalue weighted by Crippen LogP contribution is -2.53. The molecule has 0 atom stereocenters. The van der Waals surface area contributed by atoms with Crippen LogP contribution in [0.1, 0.15) is 43.6 Å². The normalized spacial score (nSPS) is 10.6. The average Bonchev–Trinajstić information content (AvgIpc) is 3.31. The van der Waals surface area contributed by atoms with Crippen molar-refractivity contribution in [1.29, 1.82) is 0 Å². The lowest BCUT2D eigenvalue weighted by atomic mass is 10.0. The molecule has 0 fully saturated rings. The van der Waals surface area contributed by atoms with E-state index < -0.39 is 17.5 Å². The van der Waals surface area contributed by atoms with Gasteiger partial charge in [-0.1, -0.05) is 48.9 Å². The number of carbonyl (C=O) groups excluding carboxylic acids is 3. The molecular weight excluding hydrogens is 512 g/mol. The van der Waals surface area contributed by atoms with Gasteiger partial charge < -0.3 is 4.74 Å². The molecule has 192 valence electrons. The van der Waals surface area contributed by atoms with Gasteiger partial charge in [0.1, 0.15) is 5.75 Å². The second-order valence-corrected chi connectivity index (χ2v) is 9.46. The van der Waals surface area contributed by atoms with Gasteiger partial charge in [0.2, 0.25) is 0 Å². The van der Waals surface area contributed by atoms with Crippen LogP contribution in [0.15, 0.2) is 72.8 Å². The predicted octanol–water partition coefficient (Wildman–Crippen LogP) is 6.22. The van der Waals surface area contributed by atoms with E-state index in [1.165, 1.54) is 11.3 Å². The number of anilines is 1. The minimum atomic E-state index is -1.31. The fraction of sp³-hybridized carbons (Fsp3) is 0.185. The first-order valence-electron chi connectivity index (χ1n) is 11.5. The van der Waals surface area contributed by atoms with Crippen LogP contribution in [0.3, 0.4) is 0 Å². The number of ketones is 1. The highest BCUT2D eigenvalue weighted by molar-refractivity contribution is 7.22. The van der Waals surface area contributed by atoms with Gasteiger partial charge in [0.25, 0.3) is 5.91 Å². The SMILES string of the molecule is CC.CC(C)(Oc1ccc(C(=O)c2ccc(Cl)cc2)cc1)C(=O)NNC(=O)Nc1nc2ccccc2s1. The molecule has 4 aromatic rings. The van der Waals surface area contributed by atoms with E-state index in [0.29, 0.717) is 27.0 Å². The molecular formula is C27H27ClN4O4S. The Balaban J connectivity index is 0.00000186. The number of halogens is 1. The van der Waals surface area contributed by atoms with Gasteiger partial charge in [-0.2, -0.15) is 0 Å². The third-order valence-corrected chi connectivity index (χ3v) is 6.15. The van der Waals surface area contributed by atoms with Crippen LogP contribution in [0.2, 0.25) is 5.02 Å². The first kappa shape index (κ1) is 27.6. The standard InChI is InChI=1S/C25H21ClN4O4S.C2H6/c1-25(2,22(32)29-30-23(33)28-24-27-19-5-3-4-6-20(19)35-24)34-18-13-9-16(10-14-18)21(31)15-7-11-17(26)12-8-15;1-2/h3-14H,1-2H3,(H,29,32)(H2,27,28,30,33);1-2H3. The third kappa shape index (κ3) is 7.28. The molecule has 37 heavy (non-hydrogen) atoms. The summed E-state index contributed by atoms with van der Waals surface area (Å²) in [6.45, 7) is 7.12. The topological polar surface area (TPSA) is 109 Å². The number of benzene rings is 3. The fourth-order valence-corrected chi connectivity index (χ4v) is 4.09. The number of carbonyl (C=O) groups is 3. The summed E-state index contributed by atoms with van der Waals surface area (Å²) >= 11 is 7.19. The van der Waals surface area contributed by atoms with Crippen molar-refractivity contribution in [1.82, 2.24) is 15.8 Å². The van der Waals surface area contributed by atoms with Crippen molar-refractivity contribution in [3.63, 3.8) is 0 Å². The Kier molecular flexibility index (Phi) is 9.21. The molecule has 0 saturated carbocycles. The molecule has 0 bridgehead atoms. The number of para-hydroxylation sites is 1. The summed E-state index contributed by atoms with van der Waals surface area (Å²) in [4.78, 5) is 41.7. The molecule has 8 nitrogen and oxygen atoms in total. The Morgan fingerprint density at radius 1 is 0.865 bits per heavy atom. The molecule has 0 unspecified atom stereocenters. The van der Waals surface area contributed by atoms with E-state index in [0.717, 1.165) is 10.2 Å². The van der Waals surface area contributed by atoms with E-state index >= 15 is 0 Å². The van der Waals surface area contributed by atoms with Gasteiger partial charge >= 0.3 is 6.03 Å². The molecule has 0 saturated heterocycles. The zero-order chi connectivity index (χ0) is 27.0. The summed E-state index contributed by atoms with van der Waals surface area (Å²) in [7, 11) is 0. The highest BCUT2D eigenvalue weighted by atomic mass is 35.5. The predicted molar refractivity (Wildman–Crippen MR) is 147 cm³/mol. The highest BCUT2D eigenvalue weighted by Gasteiger charge is 2.30. The van der Waals surface area contributed by atoms with Crippen molar-refractivity contribution in [3.8, 4) is 5.75 Å². The Morgan fingerprint density at radius 3 is 2.08 bits per heavy atom. The van der Waals surface area contributed by atoms with Crippen molar-refractivity contribution >= 4 is 56.0 Å². The van der Waals surface area contributed by atoms with E-state index in [1.807, 2.05) is 38.1 Å². The van der Waals surface area contributed by atoms with Crippen molar-refractivity contribution in [2.24, 2.45) is 0 Å². The van der Waals surface area contributed by atoms with Gasteiger partial charge in [-0.3, -0.25) is 20.3 Å². The van der Waals surface area contributed by atoms with Crippen molar-refractivity contribution < 1.29 is 19.1 Å². The summed E-state index contributed by atoms with van der Waals surface area (Å²) < 4.78 is 6.72. The van der Waals surface area contributed by atoms with Crippen LogP contribution < -0.4 is 20.9 Å². The van der Waals surface area contributed by atoms with Gasteiger partial charge in [0.05, 0.1) is 10.2 Å². The second-order valence-electron chi connectivity index (χ2n) is 7.99. The molecule has 1 aromatic heterocycles. The highest BCUT2D eigenvalue weighted by Crippen LogP contribution is 2.25. The molecule has 10 heteroatoms. The van der Waals surface area contributed by atoms with E-state index in [4.69, 9.17) is 16.3 Å². The molecule has 0 aliphatic rings. The Hall–Kier alpha value is -3.95. The van der Waals surface area contributed by atoms with E-state index in [2.05, 4.69) is 21.2 Å². The number of aromatic nitrogens is 1. The second kappa shape index (κ2) is 12.3. The number of thiazole rings is 1. The van der Waals surface area contributed by atoms with Crippen molar-refractivity contribution in [2.75, 3.05) is 5.32 Å². The number of nitrogens with one attached hydrogen (secondary N) is 3. The summed E-state index contributed by atoms with van der Waals surface area (Å²) in [6, 6.07) is 19.9. The Morgan fingerprint density at radius 2 is 1.46 bits per heavy atom. The van der Waals surface area contributed by atoms with Crippen LogP contribution in [0.25, 0.3) is 10.2 Å². The summed E-state index contributed by atoms with van der Waals surface area (Å²) in [5.74, 6) is -0.344. The number of ether oxygens (including phenoxy) is 1. The van der Waals surface area contributed by atoms with Gasteiger partial charge in [0, 0.05) is 16.1 Å². The molecule has 0 spiro atoms. The molecule has 0 aliphatic heterocycles. The molecule has 4 rings (SSSR count). The number of rotatable bonds is 6. The summed E-state index contributed by atoms with van der Waals surface area (Å²) in [5, 5.41) is 3.54. The molecule has 3 aromatic carbocycles. The molecule has 1 heterocycles.